The van der Waals surface area contributed by atoms with Gasteiger partial charge in [-0.05, 0) is 13.0 Å². The van der Waals surface area contributed by atoms with E-state index >= 15 is 0 Å². The van der Waals surface area contributed by atoms with Crippen molar-refractivity contribution in [3.05, 3.63) is 6.20 Å². The maximum atomic E-state index is 11.5. The van der Waals surface area contributed by atoms with Gasteiger partial charge in [0.15, 0.2) is 0 Å². The SMILES string of the molecule is O=C(Nc1cnns1)C1CCNC1. The van der Waals surface area contributed by atoms with Gasteiger partial charge >= 0.3 is 0 Å². The van der Waals surface area contributed by atoms with Crippen molar-refractivity contribution in [1.29, 1.82) is 0 Å². The Bertz CT molecular complexity index is 281. The summed E-state index contributed by atoms with van der Waals surface area (Å²) in [6, 6.07) is 0. The van der Waals surface area contributed by atoms with E-state index in [0.29, 0.717) is 0 Å². The van der Waals surface area contributed by atoms with Gasteiger partial charge in [-0.25, -0.2) is 0 Å². The maximum Gasteiger partial charge on any atom is 0.229 e. The van der Waals surface area contributed by atoms with E-state index in [-0.39, 0.29) is 11.8 Å². The third-order valence-electron chi connectivity index (χ3n) is 2.04. The average molecular weight is 198 g/mol. The molecule has 2 rings (SSSR count). The molecule has 1 amide bonds. The monoisotopic (exact) mass is 198 g/mol. The van der Waals surface area contributed by atoms with Crippen LogP contribution in [0.15, 0.2) is 6.20 Å². The van der Waals surface area contributed by atoms with E-state index < -0.39 is 0 Å². The average Bonchev–Trinajstić information content (AvgIpc) is 2.74. The first-order chi connectivity index (χ1) is 6.36. The number of nitrogens with one attached hydrogen (secondary N) is 2. The predicted octanol–water partition coefficient (Wildman–Crippen LogP) is 0.0861. The van der Waals surface area contributed by atoms with E-state index in [0.717, 1.165) is 24.5 Å². The van der Waals surface area contributed by atoms with Gasteiger partial charge < -0.3 is 10.6 Å². The summed E-state index contributed by atoms with van der Waals surface area (Å²) < 4.78 is 3.66. The van der Waals surface area contributed by atoms with Crippen LogP contribution in [0.4, 0.5) is 5.00 Å². The van der Waals surface area contributed by atoms with Crippen LogP contribution in [0.5, 0.6) is 0 Å². The first-order valence-corrected chi connectivity index (χ1v) is 4.92. The van der Waals surface area contributed by atoms with Crippen molar-refractivity contribution in [1.82, 2.24) is 14.9 Å². The number of hydrogen-bond donors (Lipinski definition) is 2. The van der Waals surface area contributed by atoms with E-state index in [2.05, 4.69) is 20.2 Å². The second-order valence-electron chi connectivity index (χ2n) is 2.96. The van der Waals surface area contributed by atoms with Crippen molar-refractivity contribution in [2.75, 3.05) is 18.4 Å². The van der Waals surface area contributed by atoms with Crippen molar-refractivity contribution in [2.45, 2.75) is 6.42 Å². The van der Waals surface area contributed by atoms with E-state index in [1.54, 1.807) is 6.20 Å². The van der Waals surface area contributed by atoms with Crippen molar-refractivity contribution >= 4 is 22.4 Å². The Morgan fingerprint density at radius 1 is 1.77 bits per heavy atom. The quantitative estimate of drug-likeness (QED) is 0.706. The summed E-state index contributed by atoms with van der Waals surface area (Å²) in [6.07, 6.45) is 2.48. The fourth-order valence-electron chi connectivity index (χ4n) is 1.32. The van der Waals surface area contributed by atoms with Crippen LogP contribution in [0, 0.1) is 5.92 Å². The first kappa shape index (κ1) is 8.58. The summed E-state index contributed by atoms with van der Waals surface area (Å²) >= 11 is 1.20. The van der Waals surface area contributed by atoms with Gasteiger partial charge in [0.1, 0.15) is 5.00 Å². The van der Waals surface area contributed by atoms with E-state index in [4.69, 9.17) is 0 Å². The normalized spacial score (nSPS) is 21.7. The molecule has 1 saturated heterocycles. The largest absolute Gasteiger partial charge is 0.316 e. The molecule has 0 saturated carbocycles. The zero-order chi connectivity index (χ0) is 9.10. The van der Waals surface area contributed by atoms with Crippen molar-refractivity contribution in [2.24, 2.45) is 5.92 Å². The minimum absolute atomic E-state index is 0.0658. The molecule has 1 aromatic heterocycles. The summed E-state index contributed by atoms with van der Waals surface area (Å²) in [5.74, 6) is 0.165. The highest BCUT2D eigenvalue weighted by Crippen LogP contribution is 2.14. The molecule has 0 bridgehead atoms. The van der Waals surface area contributed by atoms with E-state index in [1.165, 1.54) is 11.5 Å². The van der Waals surface area contributed by atoms with Crippen molar-refractivity contribution < 1.29 is 4.79 Å². The zero-order valence-corrected chi connectivity index (χ0v) is 7.80. The third-order valence-corrected chi connectivity index (χ3v) is 2.62. The van der Waals surface area contributed by atoms with Crippen LogP contribution < -0.4 is 10.6 Å². The van der Waals surface area contributed by atoms with E-state index in [1.807, 2.05) is 0 Å². The smallest absolute Gasteiger partial charge is 0.229 e. The molecule has 0 aromatic carbocycles. The number of rotatable bonds is 2. The lowest BCUT2D eigenvalue weighted by Gasteiger charge is -2.06. The standard InChI is InChI=1S/C7H10N4OS/c12-7(5-1-2-8-3-5)10-6-4-9-11-13-6/h4-5,8H,1-3H2,(H,10,12). The lowest BCUT2D eigenvalue weighted by atomic mass is 10.1. The van der Waals surface area contributed by atoms with Gasteiger partial charge in [-0.1, -0.05) is 4.49 Å². The number of hydrogen-bond acceptors (Lipinski definition) is 5. The minimum Gasteiger partial charge on any atom is -0.316 e. The summed E-state index contributed by atoms with van der Waals surface area (Å²) in [7, 11) is 0. The summed E-state index contributed by atoms with van der Waals surface area (Å²) in [6.45, 7) is 1.71. The summed E-state index contributed by atoms with van der Waals surface area (Å²) in [5.41, 5.74) is 0. The van der Waals surface area contributed by atoms with Crippen molar-refractivity contribution in [3.63, 3.8) is 0 Å². The molecule has 1 aromatic rings. The Balaban J connectivity index is 1.91. The lowest BCUT2D eigenvalue weighted by molar-refractivity contribution is -0.119. The predicted molar refractivity (Wildman–Crippen MR) is 49.5 cm³/mol. The van der Waals surface area contributed by atoms with Gasteiger partial charge in [-0.2, -0.15) is 0 Å². The first-order valence-electron chi connectivity index (χ1n) is 4.15. The fraction of sp³-hybridized carbons (Fsp3) is 0.571. The molecule has 1 atom stereocenters. The molecule has 0 spiro atoms. The second kappa shape index (κ2) is 3.80. The molecule has 2 heterocycles. The van der Waals surface area contributed by atoms with Crippen LogP contribution in [0.3, 0.4) is 0 Å². The van der Waals surface area contributed by atoms with Crippen LogP contribution in [-0.2, 0) is 4.79 Å². The third kappa shape index (κ3) is 2.02. The van der Waals surface area contributed by atoms with Gasteiger partial charge in [-0.3, -0.25) is 4.79 Å². The molecular weight excluding hydrogens is 188 g/mol. The molecule has 0 aliphatic carbocycles. The molecular formula is C7H10N4OS. The molecule has 1 fully saturated rings. The molecule has 0 radical (unpaired) electrons. The number of carbonyl (C=O) groups excluding carboxylic acids is 1. The highest BCUT2D eigenvalue weighted by atomic mass is 32.1. The molecule has 1 unspecified atom stereocenters. The Morgan fingerprint density at radius 3 is 3.31 bits per heavy atom. The lowest BCUT2D eigenvalue weighted by Crippen LogP contribution is -2.24. The Kier molecular flexibility index (Phi) is 2.51. The summed E-state index contributed by atoms with van der Waals surface area (Å²) in [5, 5.41) is 10.3. The fourth-order valence-corrected chi connectivity index (χ4v) is 1.75. The van der Waals surface area contributed by atoms with Crippen LogP contribution >= 0.6 is 11.5 Å². The van der Waals surface area contributed by atoms with Crippen LogP contribution in [0.2, 0.25) is 0 Å². The molecule has 13 heavy (non-hydrogen) atoms. The van der Waals surface area contributed by atoms with E-state index in [9.17, 15) is 4.79 Å². The number of carbonyl (C=O) groups is 1. The van der Waals surface area contributed by atoms with Crippen LogP contribution in [0.1, 0.15) is 6.42 Å². The topological polar surface area (TPSA) is 66.9 Å². The highest BCUT2D eigenvalue weighted by Gasteiger charge is 2.22. The molecule has 2 N–H and O–H groups in total. The van der Waals surface area contributed by atoms with Crippen LogP contribution in [0.25, 0.3) is 0 Å². The number of aromatic nitrogens is 2. The number of nitrogens with zero attached hydrogens (tertiary/aromatic N) is 2. The molecule has 5 nitrogen and oxygen atoms in total. The number of amides is 1. The Morgan fingerprint density at radius 2 is 2.69 bits per heavy atom. The van der Waals surface area contributed by atoms with Gasteiger partial charge in [-0.15, -0.1) is 5.10 Å². The van der Waals surface area contributed by atoms with Gasteiger partial charge in [0.05, 0.1) is 12.1 Å². The number of anilines is 1. The van der Waals surface area contributed by atoms with Crippen LogP contribution in [-0.4, -0.2) is 28.6 Å². The molecule has 1 aliphatic heterocycles. The Labute approximate surface area is 79.7 Å². The molecule has 70 valence electrons. The molecule has 6 heteroatoms. The van der Waals surface area contributed by atoms with Crippen molar-refractivity contribution in [3.8, 4) is 0 Å². The Hall–Kier alpha value is -1.01. The second-order valence-corrected chi connectivity index (χ2v) is 3.75. The zero-order valence-electron chi connectivity index (χ0n) is 6.99. The summed E-state index contributed by atoms with van der Waals surface area (Å²) in [4.78, 5) is 11.5. The van der Waals surface area contributed by atoms with Gasteiger partial charge in [0, 0.05) is 18.1 Å². The van der Waals surface area contributed by atoms with Gasteiger partial charge in [0.25, 0.3) is 0 Å². The minimum atomic E-state index is 0.0658. The van der Waals surface area contributed by atoms with Gasteiger partial charge in [0.2, 0.25) is 5.91 Å². The highest BCUT2D eigenvalue weighted by molar-refractivity contribution is 7.10. The maximum absolute atomic E-state index is 11.5. The molecule has 1 aliphatic rings.